The molecule has 12 heavy (non-hydrogen) atoms. The van der Waals surface area contributed by atoms with Crippen LogP contribution in [0.5, 0.6) is 0 Å². The summed E-state index contributed by atoms with van der Waals surface area (Å²) in [4.78, 5) is 20.1. The summed E-state index contributed by atoms with van der Waals surface area (Å²) in [6, 6.07) is 4.04. The summed E-state index contributed by atoms with van der Waals surface area (Å²) in [6.45, 7) is 2.81. The Bertz CT molecular complexity index is 197. The Hall–Kier alpha value is -0.960. The van der Waals surface area contributed by atoms with Gasteiger partial charge >= 0.3 is 0 Å². The minimum absolute atomic E-state index is 0.0625. The molecule has 1 heterocycles. The zero-order chi connectivity index (χ0) is 9.40. The Kier molecular flexibility index (Phi) is 6.19. The van der Waals surface area contributed by atoms with Crippen molar-refractivity contribution in [3.8, 4) is 0 Å². The van der Waals surface area contributed by atoms with Gasteiger partial charge in [-0.3, -0.25) is 9.59 Å². The number of thiophene rings is 1. The standard InChI is InChI=1S/C5H8O2.C4H4S/c1-4(6)3-5(2)7;1-2-4-5-3-1/h3H2,1-2H3;1-4H. The fourth-order valence-corrected chi connectivity index (χ4v) is 1.03. The molecule has 0 aromatic carbocycles. The van der Waals surface area contributed by atoms with E-state index in [2.05, 4.69) is 0 Å². The number of hydrogen-bond acceptors (Lipinski definition) is 3. The van der Waals surface area contributed by atoms with Gasteiger partial charge in [0.25, 0.3) is 0 Å². The van der Waals surface area contributed by atoms with Crippen molar-refractivity contribution in [1.82, 2.24) is 0 Å². The SMILES string of the molecule is CC(=O)CC(C)=O.c1ccsc1. The second-order valence-corrected chi connectivity index (χ2v) is 3.19. The van der Waals surface area contributed by atoms with E-state index < -0.39 is 0 Å². The minimum Gasteiger partial charge on any atom is -0.300 e. The van der Waals surface area contributed by atoms with Crippen LogP contribution in [0.1, 0.15) is 20.3 Å². The van der Waals surface area contributed by atoms with Gasteiger partial charge in [-0.2, -0.15) is 11.3 Å². The number of carbonyl (C=O) groups excluding carboxylic acids is 2. The van der Waals surface area contributed by atoms with Crippen molar-refractivity contribution < 1.29 is 9.59 Å². The summed E-state index contributed by atoms with van der Waals surface area (Å²) in [6.07, 6.45) is 0.0833. The van der Waals surface area contributed by atoms with Gasteiger partial charge in [-0.15, -0.1) is 0 Å². The molecule has 3 heteroatoms. The molecule has 0 radical (unpaired) electrons. The summed E-state index contributed by atoms with van der Waals surface area (Å²) < 4.78 is 0. The molecule has 2 nitrogen and oxygen atoms in total. The van der Waals surface area contributed by atoms with E-state index in [1.54, 1.807) is 11.3 Å². The molecule has 0 unspecified atom stereocenters. The number of ketones is 2. The summed E-state index contributed by atoms with van der Waals surface area (Å²) >= 11 is 1.71. The highest BCUT2D eigenvalue weighted by molar-refractivity contribution is 7.07. The molecule has 0 spiro atoms. The molecule has 0 amide bonds. The summed E-state index contributed by atoms with van der Waals surface area (Å²) in [7, 11) is 0. The fourth-order valence-electron chi connectivity index (χ4n) is 0.577. The van der Waals surface area contributed by atoms with Gasteiger partial charge in [0, 0.05) is 0 Å². The number of carbonyl (C=O) groups is 2. The van der Waals surface area contributed by atoms with E-state index >= 15 is 0 Å². The maximum Gasteiger partial charge on any atom is 0.137 e. The minimum atomic E-state index is -0.0625. The van der Waals surface area contributed by atoms with Gasteiger partial charge in [0.2, 0.25) is 0 Å². The lowest BCUT2D eigenvalue weighted by molar-refractivity contribution is -0.124. The van der Waals surface area contributed by atoms with E-state index in [0.717, 1.165) is 0 Å². The molecular formula is C9H12O2S. The maximum atomic E-state index is 10.0. The van der Waals surface area contributed by atoms with Crippen molar-refractivity contribution >= 4 is 22.9 Å². The first-order valence-corrected chi connectivity index (χ1v) is 4.53. The largest absolute Gasteiger partial charge is 0.300 e. The third-order valence-corrected chi connectivity index (χ3v) is 1.55. The monoisotopic (exact) mass is 184 g/mol. The molecule has 0 saturated carbocycles. The van der Waals surface area contributed by atoms with E-state index in [4.69, 9.17) is 0 Å². The van der Waals surface area contributed by atoms with Crippen LogP contribution in [0, 0.1) is 0 Å². The summed E-state index contributed by atoms with van der Waals surface area (Å²) in [5.74, 6) is -0.125. The molecule has 1 rings (SSSR count). The molecule has 1 aromatic rings. The highest BCUT2D eigenvalue weighted by Gasteiger charge is 1.94. The fraction of sp³-hybridized carbons (Fsp3) is 0.333. The number of hydrogen-bond donors (Lipinski definition) is 0. The van der Waals surface area contributed by atoms with Gasteiger partial charge in [0.05, 0.1) is 6.42 Å². The predicted octanol–water partition coefficient (Wildman–Crippen LogP) is 2.30. The van der Waals surface area contributed by atoms with Gasteiger partial charge in [0.15, 0.2) is 0 Å². The predicted molar refractivity (Wildman–Crippen MR) is 50.3 cm³/mol. The van der Waals surface area contributed by atoms with Crippen molar-refractivity contribution in [3.05, 3.63) is 22.9 Å². The topological polar surface area (TPSA) is 34.1 Å². The molecule has 1 aromatic heterocycles. The van der Waals surface area contributed by atoms with Gasteiger partial charge in [-0.25, -0.2) is 0 Å². The van der Waals surface area contributed by atoms with E-state index in [-0.39, 0.29) is 18.0 Å². The van der Waals surface area contributed by atoms with Gasteiger partial charge in [0.1, 0.15) is 11.6 Å². The molecule has 0 aliphatic rings. The lowest BCUT2D eigenvalue weighted by atomic mass is 10.2. The second kappa shape index (κ2) is 6.73. The van der Waals surface area contributed by atoms with Crippen LogP contribution in [0.4, 0.5) is 0 Å². The van der Waals surface area contributed by atoms with Crippen LogP contribution in [-0.4, -0.2) is 11.6 Å². The smallest absolute Gasteiger partial charge is 0.137 e. The summed E-state index contributed by atoms with van der Waals surface area (Å²) in [5, 5.41) is 4.08. The first kappa shape index (κ1) is 11.0. The highest BCUT2D eigenvalue weighted by Crippen LogP contribution is 1.91. The number of Topliss-reactive ketones (excluding diaryl/α,β-unsaturated/α-hetero) is 2. The van der Waals surface area contributed by atoms with Crippen molar-refractivity contribution in [3.63, 3.8) is 0 Å². The van der Waals surface area contributed by atoms with Crippen LogP contribution in [0.3, 0.4) is 0 Å². The van der Waals surface area contributed by atoms with Crippen molar-refractivity contribution in [2.45, 2.75) is 20.3 Å². The second-order valence-electron chi connectivity index (χ2n) is 2.37. The Balaban J connectivity index is 0.000000211. The van der Waals surface area contributed by atoms with E-state index in [9.17, 15) is 9.59 Å². The molecule has 0 bridgehead atoms. The van der Waals surface area contributed by atoms with Crippen LogP contribution in [0.2, 0.25) is 0 Å². The zero-order valence-electron chi connectivity index (χ0n) is 7.24. The highest BCUT2D eigenvalue weighted by atomic mass is 32.1. The molecule has 0 aliphatic heterocycles. The van der Waals surface area contributed by atoms with Crippen molar-refractivity contribution in [2.75, 3.05) is 0 Å². The number of rotatable bonds is 2. The molecule has 0 saturated heterocycles. The van der Waals surface area contributed by atoms with Crippen molar-refractivity contribution in [1.29, 1.82) is 0 Å². The van der Waals surface area contributed by atoms with Crippen LogP contribution in [-0.2, 0) is 9.59 Å². The van der Waals surface area contributed by atoms with E-state index in [0.29, 0.717) is 0 Å². The molecule has 66 valence electrons. The Morgan fingerprint density at radius 1 is 1.08 bits per heavy atom. The van der Waals surface area contributed by atoms with Crippen molar-refractivity contribution in [2.24, 2.45) is 0 Å². The molecule has 0 fully saturated rings. The van der Waals surface area contributed by atoms with Gasteiger partial charge in [-0.05, 0) is 24.6 Å². The lowest BCUT2D eigenvalue weighted by Gasteiger charge is -1.81. The van der Waals surface area contributed by atoms with Gasteiger partial charge in [-0.1, -0.05) is 12.1 Å². The van der Waals surface area contributed by atoms with E-state index in [1.165, 1.54) is 13.8 Å². The average molecular weight is 184 g/mol. The van der Waals surface area contributed by atoms with Crippen LogP contribution in [0.25, 0.3) is 0 Å². The van der Waals surface area contributed by atoms with Crippen LogP contribution < -0.4 is 0 Å². The Morgan fingerprint density at radius 2 is 1.50 bits per heavy atom. The molecular weight excluding hydrogens is 172 g/mol. The third-order valence-electron chi connectivity index (χ3n) is 0.923. The Morgan fingerprint density at radius 3 is 1.58 bits per heavy atom. The maximum absolute atomic E-state index is 10.0. The van der Waals surface area contributed by atoms with Crippen LogP contribution >= 0.6 is 11.3 Å². The molecule has 0 aliphatic carbocycles. The molecule has 0 N–H and O–H groups in total. The zero-order valence-corrected chi connectivity index (χ0v) is 8.06. The van der Waals surface area contributed by atoms with Gasteiger partial charge < -0.3 is 0 Å². The molecule has 0 atom stereocenters. The Labute approximate surface area is 76.2 Å². The van der Waals surface area contributed by atoms with E-state index in [1.807, 2.05) is 22.9 Å². The normalized spacial score (nSPS) is 8.17. The lowest BCUT2D eigenvalue weighted by Crippen LogP contribution is -1.97. The first-order valence-electron chi connectivity index (χ1n) is 3.59. The first-order chi connectivity index (χ1) is 5.63. The average Bonchev–Trinajstić information content (AvgIpc) is 2.36. The summed E-state index contributed by atoms with van der Waals surface area (Å²) in [5.41, 5.74) is 0. The third kappa shape index (κ3) is 9.04. The van der Waals surface area contributed by atoms with Crippen LogP contribution in [0.15, 0.2) is 22.9 Å². The quantitative estimate of drug-likeness (QED) is 0.661.